The largest absolute Gasteiger partial charge is 0.495 e. The molecule has 0 spiro atoms. The SMILES string of the molecule is COc1cc(-c2nccs2)ccc1NCC#Cc1cc2c(NC3CCN(C)CC3)cccc2n1CC(F)(F)F. The van der Waals surface area contributed by atoms with E-state index in [-0.39, 0.29) is 12.6 Å². The van der Waals surface area contributed by atoms with Crippen LogP contribution < -0.4 is 15.4 Å². The van der Waals surface area contributed by atoms with Crippen LogP contribution in [0.1, 0.15) is 18.5 Å². The maximum absolute atomic E-state index is 13.5. The standard InChI is InChI=1S/C29H30F3N5OS/c1-36-14-10-21(11-15-36)35-24-6-3-7-26-23(24)18-22(37(26)19-29(30,31)32)5-4-12-33-25-9-8-20(17-27(25)38-2)28-34-13-16-39-28/h3,6-9,13,16-18,21,33,35H,10-12,14-15,19H2,1-2H3. The number of aromatic nitrogens is 2. The quantitative estimate of drug-likeness (QED) is 0.263. The molecular formula is C29H30F3N5OS. The molecule has 0 radical (unpaired) electrons. The van der Waals surface area contributed by atoms with Gasteiger partial charge in [-0.25, -0.2) is 4.98 Å². The number of piperidine rings is 1. The molecule has 0 amide bonds. The molecule has 1 aliphatic rings. The van der Waals surface area contributed by atoms with Crippen LogP contribution in [0.2, 0.25) is 0 Å². The third-order valence-electron chi connectivity index (χ3n) is 6.83. The molecular weight excluding hydrogens is 523 g/mol. The number of alkyl halides is 3. The van der Waals surface area contributed by atoms with Gasteiger partial charge in [-0.3, -0.25) is 0 Å². The highest BCUT2D eigenvalue weighted by Gasteiger charge is 2.30. The van der Waals surface area contributed by atoms with E-state index in [9.17, 15) is 13.2 Å². The molecule has 3 heterocycles. The number of nitrogens with one attached hydrogen (secondary N) is 2. The molecule has 10 heteroatoms. The fraction of sp³-hybridized carbons (Fsp3) is 0.345. The van der Waals surface area contributed by atoms with Gasteiger partial charge in [-0.05, 0) is 75.3 Å². The highest BCUT2D eigenvalue weighted by Crippen LogP contribution is 2.33. The second-order valence-electron chi connectivity index (χ2n) is 9.60. The third kappa shape index (κ3) is 6.49. The molecule has 0 aliphatic carbocycles. The first-order valence-corrected chi connectivity index (χ1v) is 13.6. The summed E-state index contributed by atoms with van der Waals surface area (Å²) in [5.74, 6) is 6.60. The van der Waals surface area contributed by atoms with E-state index >= 15 is 0 Å². The number of ether oxygens (including phenoxy) is 1. The van der Waals surface area contributed by atoms with Gasteiger partial charge >= 0.3 is 6.18 Å². The monoisotopic (exact) mass is 553 g/mol. The van der Waals surface area contributed by atoms with E-state index in [0.29, 0.717) is 17.0 Å². The van der Waals surface area contributed by atoms with Crippen molar-refractivity contribution < 1.29 is 17.9 Å². The van der Waals surface area contributed by atoms with E-state index in [0.717, 1.165) is 53.3 Å². The number of halogens is 3. The Hall–Kier alpha value is -3.68. The molecule has 6 nitrogen and oxygen atoms in total. The van der Waals surface area contributed by atoms with Gasteiger partial charge in [0.2, 0.25) is 0 Å². The molecule has 4 aromatic rings. The molecule has 2 aromatic carbocycles. The Labute approximate surface area is 229 Å². The van der Waals surface area contributed by atoms with Crippen molar-refractivity contribution in [2.75, 3.05) is 44.4 Å². The van der Waals surface area contributed by atoms with Gasteiger partial charge in [-0.1, -0.05) is 12.0 Å². The first-order valence-electron chi connectivity index (χ1n) is 12.8. The van der Waals surface area contributed by atoms with Gasteiger partial charge in [0.15, 0.2) is 0 Å². The predicted molar refractivity (Wildman–Crippen MR) is 152 cm³/mol. The van der Waals surface area contributed by atoms with E-state index < -0.39 is 12.7 Å². The number of hydrogen-bond donors (Lipinski definition) is 2. The van der Waals surface area contributed by atoms with Crippen molar-refractivity contribution in [2.45, 2.75) is 31.6 Å². The highest BCUT2D eigenvalue weighted by atomic mass is 32.1. The molecule has 1 aliphatic heterocycles. The summed E-state index contributed by atoms with van der Waals surface area (Å²) in [5.41, 5.74) is 3.37. The van der Waals surface area contributed by atoms with Crippen molar-refractivity contribution >= 4 is 33.6 Å². The number of fused-ring (bicyclic) bond motifs is 1. The summed E-state index contributed by atoms with van der Waals surface area (Å²) in [7, 11) is 3.69. The number of nitrogens with zero attached hydrogens (tertiary/aromatic N) is 3. The van der Waals surface area contributed by atoms with Crippen molar-refractivity contribution in [3.8, 4) is 28.2 Å². The molecule has 39 heavy (non-hydrogen) atoms. The number of rotatable bonds is 7. The smallest absolute Gasteiger partial charge is 0.406 e. The minimum Gasteiger partial charge on any atom is -0.495 e. The first kappa shape index (κ1) is 26.9. The van der Waals surface area contributed by atoms with Crippen LogP contribution in [0.15, 0.2) is 54.0 Å². The normalized spacial score (nSPS) is 14.7. The maximum Gasteiger partial charge on any atom is 0.406 e. The fourth-order valence-corrected chi connectivity index (χ4v) is 5.48. The number of benzene rings is 2. The minimum absolute atomic E-state index is 0.237. The van der Waals surface area contributed by atoms with Crippen molar-refractivity contribution in [3.63, 3.8) is 0 Å². The average Bonchev–Trinajstić information content (AvgIpc) is 3.57. The van der Waals surface area contributed by atoms with E-state index in [4.69, 9.17) is 4.74 Å². The predicted octanol–water partition coefficient (Wildman–Crippen LogP) is 6.31. The third-order valence-corrected chi connectivity index (χ3v) is 7.65. The molecule has 0 bridgehead atoms. The number of anilines is 2. The number of likely N-dealkylation sites (tertiary alicyclic amines) is 1. The lowest BCUT2D eigenvalue weighted by Gasteiger charge is -2.30. The average molecular weight is 554 g/mol. The fourth-order valence-electron chi connectivity index (χ4n) is 4.85. The molecule has 0 unspecified atom stereocenters. The van der Waals surface area contributed by atoms with Crippen LogP contribution in [0.4, 0.5) is 24.5 Å². The van der Waals surface area contributed by atoms with Gasteiger partial charge in [-0.2, -0.15) is 13.2 Å². The molecule has 5 rings (SSSR count). The van der Waals surface area contributed by atoms with E-state index in [1.54, 1.807) is 31.5 Å². The Morgan fingerprint density at radius 1 is 1.13 bits per heavy atom. The van der Waals surface area contributed by atoms with Crippen LogP contribution >= 0.6 is 11.3 Å². The van der Waals surface area contributed by atoms with Gasteiger partial charge < -0.3 is 24.8 Å². The van der Waals surface area contributed by atoms with Crippen LogP contribution in [-0.2, 0) is 6.54 Å². The van der Waals surface area contributed by atoms with E-state index in [1.807, 2.05) is 29.6 Å². The minimum atomic E-state index is -4.37. The Bertz CT molecular complexity index is 1480. The summed E-state index contributed by atoms with van der Waals surface area (Å²) in [6, 6.07) is 13.2. The molecule has 2 aromatic heterocycles. The number of thiazole rings is 1. The molecule has 1 saturated heterocycles. The lowest BCUT2D eigenvalue weighted by Crippen LogP contribution is -2.36. The summed E-state index contributed by atoms with van der Waals surface area (Å²) in [6.07, 6.45) is -0.643. The molecule has 0 atom stereocenters. The maximum atomic E-state index is 13.5. The topological polar surface area (TPSA) is 54.4 Å². The van der Waals surface area contributed by atoms with Crippen molar-refractivity contribution in [2.24, 2.45) is 0 Å². The summed E-state index contributed by atoms with van der Waals surface area (Å²) in [6.45, 7) is 1.12. The Balaban J connectivity index is 1.37. The first-order chi connectivity index (χ1) is 18.8. The molecule has 204 valence electrons. The Morgan fingerprint density at radius 3 is 2.67 bits per heavy atom. The zero-order valence-corrected chi connectivity index (χ0v) is 22.6. The van der Waals surface area contributed by atoms with Crippen LogP contribution in [0.3, 0.4) is 0 Å². The Kier molecular flexibility index (Phi) is 8.00. The second-order valence-corrected chi connectivity index (χ2v) is 10.5. The lowest BCUT2D eigenvalue weighted by molar-refractivity contribution is -0.140. The van der Waals surface area contributed by atoms with Crippen LogP contribution in [0.5, 0.6) is 5.75 Å². The van der Waals surface area contributed by atoms with Crippen molar-refractivity contribution in [3.05, 3.63) is 59.7 Å². The van der Waals surface area contributed by atoms with E-state index in [1.165, 1.54) is 15.9 Å². The van der Waals surface area contributed by atoms with Gasteiger partial charge in [0, 0.05) is 34.3 Å². The molecule has 0 saturated carbocycles. The van der Waals surface area contributed by atoms with Gasteiger partial charge in [-0.15, -0.1) is 11.3 Å². The summed E-state index contributed by atoms with van der Waals surface area (Å²) in [4.78, 5) is 6.61. The van der Waals surface area contributed by atoms with Crippen LogP contribution in [-0.4, -0.2) is 60.5 Å². The van der Waals surface area contributed by atoms with Crippen LogP contribution in [0, 0.1) is 11.8 Å². The summed E-state index contributed by atoms with van der Waals surface area (Å²) >= 11 is 1.54. The number of hydrogen-bond acceptors (Lipinski definition) is 6. The molecule has 1 fully saturated rings. The van der Waals surface area contributed by atoms with Crippen LogP contribution in [0.25, 0.3) is 21.5 Å². The van der Waals surface area contributed by atoms with Crippen molar-refractivity contribution in [1.82, 2.24) is 14.5 Å². The zero-order valence-electron chi connectivity index (χ0n) is 21.8. The highest BCUT2D eigenvalue weighted by molar-refractivity contribution is 7.13. The van der Waals surface area contributed by atoms with Crippen molar-refractivity contribution in [1.29, 1.82) is 0 Å². The molecule has 2 N–H and O–H groups in total. The number of methoxy groups -OCH3 is 1. The van der Waals surface area contributed by atoms with Gasteiger partial charge in [0.25, 0.3) is 0 Å². The zero-order chi connectivity index (χ0) is 27.4. The summed E-state index contributed by atoms with van der Waals surface area (Å²) < 4.78 is 47.4. The second kappa shape index (κ2) is 11.6. The van der Waals surface area contributed by atoms with Gasteiger partial charge in [0.1, 0.15) is 17.3 Å². The Morgan fingerprint density at radius 2 is 1.95 bits per heavy atom. The lowest BCUT2D eigenvalue weighted by atomic mass is 10.0. The summed E-state index contributed by atoms with van der Waals surface area (Å²) in [5, 5.41) is 10.3. The van der Waals surface area contributed by atoms with E-state index in [2.05, 4.69) is 39.4 Å². The van der Waals surface area contributed by atoms with Gasteiger partial charge in [0.05, 0.1) is 30.6 Å².